The van der Waals surface area contributed by atoms with E-state index in [0.717, 1.165) is 0 Å². The number of halogens is 4. The summed E-state index contributed by atoms with van der Waals surface area (Å²) in [4.78, 5) is 14.3. The molecular weight excluding hydrogens is 432 g/mol. The Morgan fingerprint density at radius 2 is 2.21 bits per heavy atom. The van der Waals surface area contributed by atoms with Gasteiger partial charge in [0.25, 0.3) is 0 Å². The van der Waals surface area contributed by atoms with Crippen molar-refractivity contribution >= 4 is 42.3 Å². The number of amides is 1. The molecule has 1 saturated heterocycles. The minimum atomic E-state index is -0.382. The molecule has 10 heteroatoms. The van der Waals surface area contributed by atoms with Gasteiger partial charge in [-0.2, -0.15) is 0 Å². The molecule has 3 unspecified atom stereocenters. The van der Waals surface area contributed by atoms with Gasteiger partial charge < -0.3 is 20.5 Å². The van der Waals surface area contributed by atoms with Crippen LogP contribution in [0.1, 0.15) is 24.9 Å². The van der Waals surface area contributed by atoms with Crippen molar-refractivity contribution in [3.05, 3.63) is 34.6 Å². The maximum Gasteiger partial charge on any atom is 0.222 e. The lowest BCUT2D eigenvalue weighted by Crippen LogP contribution is -2.47. The normalized spacial score (nSPS) is 19.1. The maximum atomic E-state index is 14.5. The largest absolute Gasteiger partial charge is 0.380 e. The van der Waals surface area contributed by atoms with E-state index in [2.05, 4.69) is 10.2 Å². The molecule has 0 bridgehead atoms. The monoisotopic (exact) mass is 459 g/mol. The highest BCUT2D eigenvalue weighted by molar-refractivity contribution is 6.31. The maximum absolute atomic E-state index is 14.5. The Bertz CT molecular complexity index is 588. The molecule has 0 aliphatic carbocycles. The molecule has 1 aliphatic heterocycles. The standard InChI is InChI=1S/C18H27ClFN3O3.2ClH/c1-12-11-23(6-7-26-12)16(18-14(19)4-3-5-15(18)20)10-22-17(24)8-13(9-21)25-2;;/h3-5,12-13,16H,6-11,21H2,1-2H3,(H,22,24);2*1H. The molecule has 1 amide bonds. The fourth-order valence-corrected chi connectivity index (χ4v) is 3.41. The summed E-state index contributed by atoms with van der Waals surface area (Å²) in [6, 6.07) is 4.24. The SMILES string of the molecule is COC(CN)CC(=O)NCC(c1c(F)cccc1Cl)N1CCOC(C)C1.Cl.Cl. The fraction of sp³-hybridized carbons (Fsp3) is 0.611. The zero-order valence-corrected chi connectivity index (χ0v) is 18.4. The Balaban J connectivity index is 0.00000364. The van der Waals surface area contributed by atoms with Crippen molar-refractivity contribution in [2.45, 2.75) is 31.6 Å². The van der Waals surface area contributed by atoms with Gasteiger partial charge in [0.2, 0.25) is 5.91 Å². The highest BCUT2D eigenvalue weighted by Crippen LogP contribution is 2.31. The molecule has 0 spiro atoms. The van der Waals surface area contributed by atoms with Crippen LogP contribution in [0.4, 0.5) is 4.39 Å². The summed E-state index contributed by atoms with van der Waals surface area (Å²) < 4.78 is 25.2. The first-order chi connectivity index (χ1) is 12.5. The molecular formula is C18H29Cl3FN3O3. The fourth-order valence-electron chi connectivity index (χ4n) is 3.12. The number of carbonyl (C=O) groups excluding carboxylic acids is 1. The van der Waals surface area contributed by atoms with Crippen LogP contribution >= 0.6 is 36.4 Å². The summed E-state index contributed by atoms with van der Waals surface area (Å²) in [6.07, 6.45) is -0.152. The highest BCUT2D eigenvalue weighted by Gasteiger charge is 2.29. The number of nitrogens with one attached hydrogen (secondary N) is 1. The molecule has 28 heavy (non-hydrogen) atoms. The van der Waals surface area contributed by atoms with Gasteiger partial charge in [-0.1, -0.05) is 17.7 Å². The highest BCUT2D eigenvalue weighted by atomic mass is 35.5. The summed E-state index contributed by atoms with van der Waals surface area (Å²) in [6.45, 7) is 4.29. The Morgan fingerprint density at radius 1 is 1.50 bits per heavy atom. The molecule has 0 aromatic heterocycles. The van der Waals surface area contributed by atoms with Crippen LogP contribution in [0, 0.1) is 5.82 Å². The van der Waals surface area contributed by atoms with Gasteiger partial charge in [-0.3, -0.25) is 9.69 Å². The second-order valence-corrected chi connectivity index (χ2v) is 6.84. The average molecular weight is 461 g/mol. The van der Waals surface area contributed by atoms with Gasteiger partial charge in [0.15, 0.2) is 0 Å². The molecule has 6 nitrogen and oxygen atoms in total. The third-order valence-corrected chi connectivity index (χ3v) is 4.88. The van der Waals surface area contributed by atoms with E-state index < -0.39 is 0 Å². The van der Waals surface area contributed by atoms with Gasteiger partial charge in [0, 0.05) is 43.9 Å². The molecule has 0 saturated carbocycles. The predicted molar refractivity (Wildman–Crippen MR) is 113 cm³/mol. The molecule has 162 valence electrons. The number of rotatable bonds is 8. The van der Waals surface area contributed by atoms with Gasteiger partial charge in [-0.25, -0.2) is 4.39 Å². The zero-order valence-electron chi connectivity index (χ0n) is 16.0. The molecule has 3 atom stereocenters. The first-order valence-corrected chi connectivity index (χ1v) is 9.13. The van der Waals surface area contributed by atoms with Crippen LogP contribution in [0.25, 0.3) is 0 Å². The van der Waals surface area contributed by atoms with Crippen molar-refractivity contribution in [3.8, 4) is 0 Å². The van der Waals surface area contributed by atoms with Crippen LogP contribution in [0.2, 0.25) is 5.02 Å². The lowest BCUT2D eigenvalue weighted by Gasteiger charge is -2.38. The topological polar surface area (TPSA) is 76.8 Å². The molecule has 1 aromatic carbocycles. The van der Waals surface area contributed by atoms with Crippen molar-refractivity contribution in [3.63, 3.8) is 0 Å². The summed E-state index contributed by atoms with van der Waals surface area (Å²) in [5.41, 5.74) is 5.95. The first-order valence-electron chi connectivity index (χ1n) is 8.75. The van der Waals surface area contributed by atoms with Gasteiger partial charge >= 0.3 is 0 Å². The number of nitrogens with two attached hydrogens (primary N) is 1. The van der Waals surface area contributed by atoms with Crippen molar-refractivity contribution in [1.82, 2.24) is 10.2 Å². The van der Waals surface area contributed by atoms with E-state index in [-0.39, 0.29) is 74.3 Å². The smallest absolute Gasteiger partial charge is 0.222 e. The number of ether oxygens (including phenoxy) is 2. The summed E-state index contributed by atoms with van der Waals surface area (Å²) in [5, 5.41) is 3.21. The van der Waals surface area contributed by atoms with E-state index in [9.17, 15) is 9.18 Å². The Hall–Kier alpha value is -0.670. The zero-order chi connectivity index (χ0) is 19.1. The quantitative estimate of drug-likeness (QED) is 0.623. The van der Waals surface area contributed by atoms with Crippen LogP contribution in [-0.4, -0.2) is 62.9 Å². The first kappa shape index (κ1) is 27.3. The number of carbonyl (C=O) groups is 1. The van der Waals surface area contributed by atoms with E-state index >= 15 is 0 Å². The summed E-state index contributed by atoms with van der Waals surface area (Å²) in [5.74, 6) is -0.575. The molecule has 1 aliphatic rings. The van der Waals surface area contributed by atoms with Crippen molar-refractivity contribution < 1.29 is 18.7 Å². The number of methoxy groups -OCH3 is 1. The number of benzene rings is 1. The molecule has 0 radical (unpaired) electrons. The number of morpholine rings is 1. The lowest BCUT2D eigenvalue weighted by atomic mass is 10.0. The van der Waals surface area contributed by atoms with E-state index in [1.165, 1.54) is 13.2 Å². The Labute approximate surface area is 183 Å². The van der Waals surface area contributed by atoms with Crippen LogP contribution < -0.4 is 11.1 Å². The van der Waals surface area contributed by atoms with E-state index in [1.54, 1.807) is 12.1 Å². The van der Waals surface area contributed by atoms with Crippen LogP contribution in [0.15, 0.2) is 18.2 Å². The van der Waals surface area contributed by atoms with E-state index in [1.807, 2.05) is 6.92 Å². The molecule has 3 N–H and O–H groups in total. The number of hydrogen-bond acceptors (Lipinski definition) is 5. The Morgan fingerprint density at radius 3 is 2.79 bits per heavy atom. The third kappa shape index (κ3) is 7.63. The third-order valence-electron chi connectivity index (χ3n) is 4.55. The van der Waals surface area contributed by atoms with Gasteiger partial charge in [-0.05, 0) is 19.1 Å². The molecule has 1 heterocycles. The summed E-state index contributed by atoms with van der Waals surface area (Å²) >= 11 is 6.28. The van der Waals surface area contributed by atoms with Crippen molar-refractivity contribution in [2.75, 3.05) is 39.9 Å². The second-order valence-electron chi connectivity index (χ2n) is 6.43. The molecule has 1 aromatic rings. The van der Waals surface area contributed by atoms with Crippen molar-refractivity contribution in [2.24, 2.45) is 5.73 Å². The minimum Gasteiger partial charge on any atom is -0.380 e. The predicted octanol–water partition coefficient (Wildman–Crippen LogP) is 2.56. The Kier molecular flexibility index (Phi) is 13.2. The molecule has 2 rings (SSSR count). The van der Waals surface area contributed by atoms with Gasteiger partial charge in [0.05, 0.1) is 31.3 Å². The molecule has 1 fully saturated rings. The second kappa shape index (κ2) is 13.5. The minimum absolute atomic E-state index is 0. The van der Waals surface area contributed by atoms with E-state index in [0.29, 0.717) is 30.3 Å². The van der Waals surface area contributed by atoms with Crippen LogP contribution in [-0.2, 0) is 14.3 Å². The summed E-state index contributed by atoms with van der Waals surface area (Å²) in [7, 11) is 1.52. The number of nitrogens with zero attached hydrogens (tertiary/aromatic N) is 1. The van der Waals surface area contributed by atoms with Crippen LogP contribution in [0.5, 0.6) is 0 Å². The van der Waals surface area contributed by atoms with Gasteiger partial charge in [-0.15, -0.1) is 24.8 Å². The van der Waals surface area contributed by atoms with Crippen molar-refractivity contribution in [1.29, 1.82) is 0 Å². The van der Waals surface area contributed by atoms with Gasteiger partial charge in [0.1, 0.15) is 5.82 Å². The number of hydrogen-bond donors (Lipinski definition) is 2. The lowest BCUT2D eigenvalue weighted by molar-refractivity contribution is -0.123. The average Bonchev–Trinajstić information content (AvgIpc) is 2.62. The van der Waals surface area contributed by atoms with Crippen LogP contribution in [0.3, 0.4) is 0 Å². The van der Waals surface area contributed by atoms with E-state index in [4.69, 9.17) is 26.8 Å².